The van der Waals surface area contributed by atoms with Crippen LogP contribution in [0.25, 0.3) is 0 Å². The van der Waals surface area contributed by atoms with Crippen LogP contribution >= 0.6 is 15.9 Å². The van der Waals surface area contributed by atoms with Gasteiger partial charge >= 0.3 is 5.97 Å². The van der Waals surface area contributed by atoms with E-state index in [2.05, 4.69) is 15.9 Å². The summed E-state index contributed by atoms with van der Waals surface area (Å²) in [4.78, 5) is 11.8. The predicted octanol–water partition coefficient (Wildman–Crippen LogP) is 3.15. The summed E-state index contributed by atoms with van der Waals surface area (Å²) < 4.78 is 8.13. The molecule has 1 fully saturated rings. The molecule has 0 unspecified atom stereocenters. The van der Waals surface area contributed by atoms with Gasteiger partial charge in [-0.25, -0.2) is 4.79 Å². The molecule has 1 saturated carbocycles. The summed E-state index contributed by atoms with van der Waals surface area (Å²) in [6.07, 6.45) is 4.19. The Morgan fingerprint density at radius 1 is 1.60 bits per heavy atom. The topological polar surface area (TPSA) is 31.2 Å². The highest BCUT2D eigenvalue weighted by molar-refractivity contribution is 9.10. The summed E-state index contributed by atoms with van der Waals surface area (Å²) in [5.74, 6) is -0.234. The van der Waals surface area contributed by atoms with Crippen molar-refractivity contribution in [1.82, 2.24) is 4.57 Å². The number of hydrogen-bond donors (Lipinski definition) is 0. The van der Waals surface area contributed by atoms with Crippen molar-refractivity contribution in [2.45, 2.75) is 38.8 Å². The van der Waals surface area contributed by atoms with E-state index in [4.69, 9.17) is 4.74 Å². The Hall–Kier alpha value is -0.770. The highest BCUT2D eigenvalue weighted by atomic mass is 79.9. The molecule has 1 heterocycles. The van der Waals surface area contributed by atoms with Crippen LogP contribution in [-0.4, -0.2) is 16.6 Å². The number of esters is 1. The fourth-order valence-electron chi connectivity index (χ4n) is 1.54. The number of nitrogens with zero attached hydrogens (tertiary/aromatic N) is 1. The lowest BCUT2D eigenvalue weighted by Crippen LogP contribution is -2.15. The average molecular weight is 272 g/mol. The number of rotatable bonds is 3. The molecule has 0 aromatic carbocycles. The summed E-state index contributed by atoms with van der Waals surface area (Å²) in [6, 6.07) is 2.31. The van der Waals surface area contributed by atoms with E-state index < -0.39 is 0 Å². The van der Waals surface area contributed by atoms with Gasteiger partial charge in [-0.1, -0.05) is 0 Å². The largest absolute Gasteiger partial charge is 0.458 e. The first kappa shape index (κ1) is 10.7. The Morgan fingerprint density at radius 2 is 2.27 bits per heavy atom. The molecule has 3 nitrogen and oxygen atoms in total. The Labute approximate surface area is 97.5 Å². The minimum atomic E-state index is -0.234. The van der Waals surface area contributed by atoms with E-state index >= 15 is 0 Å². The zero-order valence-electron chi connectivity index (χ0n) is 8.87. The second kappa shape index (κ2) is 4.00. The van der Waals surface area contributed by atoms with Crippen molar-refractivity contribution in [2.75, 3.05) is 0 Å². The quantitative estimate of drug-likeness (QED) is 0.791. The van der Waals surface area contributed by atoms with E-state index in [9.17, 15) is 4.79 Å². The summed E-state index contributed by atoms with van der Waals surface area (Å²) >= 11 is 3.38. The molecule has 0 spiro atoms. The molecule has 82 valence electrons. The van der Waals surface area contributed by atoms with Crippen LogP contribution in [0.2, 0.25) is 0 Å². The van der Waals surface area contributed by atoms with Crippen molar-refractivity contribution in [2.24, 2.45) is 0 Å². The van der Waals surface area contributed by atoms with Crippen molar-refractivity contribution in [3.8, 4) is 0 Å². The van der Waals surface area contributed by atoms with Crippen molar-refractivity contribution in [1.29, 1.82) is 0 Å². The van der Waals surface area contributed by atoms with Gasteiger partial charge in [0, 0.05) is 16.7 Å². The Kier molecular flexibility index (Phi) is 2.87. The van der Waals surface area contributed by atoms with Crippen LogP contribution in [0.1, 0.15) is 43.2 Å². The molecule has 0 N–H and O–H groups in total. The number of halogens is 1. The molecule has 0 amide bonds. The summed E-state index contributed by atoms with van der Waals surface area (Å²) in [6.45, 7) is 3.72. The lowest BCUT2D eigenvalue weighted by molar-refractivity contribution is 0.0365. The third-order valence-corrected chi connectivity index (χ3v) is 2.74. The van der Waals surface area contributed by atoms with Crippen molar-refractivity contribution < 1.29 is 9.53 Å². The Balaban J connectivity index is 2.22. The maximum atomic E-state index is 11.8. The van der Waals surface area contributed by atoms with Crippen LogP contribution < -0.4 is 0 Å². The van der Waals surface area contributed by atoms with Crippen molar-refractivity contribution in [3.63, 3.8) is 0 Å². The van der Waals surface area contributed by atoms with Gasteiger partial charge < -0.3 is 9.30 Å². The molecule has 0 atom stereocenters. The van der Waals surface area contributed by atoms with E-state index in [1.54, 1.807) is 0 Å². The summed E-state index contributed by atoms with van der Waals surface area (Å²) in [7, 11) is 0. The van der Waals surface area contributed by atoms with Gasteiger partial charge in [0.1, 0.15) is 5.69 Å². The first-order valence-corrected chi connectivity index (χ1v) is 5.95. The molecular formula is C11H14BrNO2. The van der Waals surface area contributed by atoms with Gasteiger partial charge in [-0.3, -0.25) is 0 Å². The van der Waals surface area contributed by atoms with Crippen LogP contribution in [0.5, 0.6) is 0 Å². The molecule has 0 aliphatic heterocycles. The lowest BCUT2D eigenvalue weighted by atomic mass is 10.4. The van der Waals surface area contributed by atoms with E-state index in [1.807, 2.05) is 30.7 Å². The minimum Gasteiger partial charge on any atom is -0.458 e. The first-order chi connectivity index (χ1) is 7.08. The van der Waals surface area contributed by atoms with Crippen LogP contribution in [0.3, 0.4) is 0 Å². The maximum Gasteiger partial charge on any atom is 0.355 e. The van der Waals surface area contributed by atoms with Crippen LogP contribution in [-0.2, 0) is 4.74 Å². The fraction of sp³-hybridized carbons (Fsp3) is 0.545. The molecule has 4 heteroatoms. The Bertz CT molecular complexity index is 380. The molecule has 1 aliphatic carbocycles. The first-order valence-electron chi connectivity index (χ1n) is 5.16. The van der Waals surface area contributed by atoms with E-state index in [-0.39, 0.29) is 12.1 Å². The van der Waals surface area contributed by atoms with E-state index in [1.165, 1.54) is 0 Å². The molecule has 0 radical (unpaired) electrons. The highest BCUT2D eigenvalue weighted by Gasteiger charge is 2.28. The molecule has 0 saturated heterocycles. The molecule has 0 bridgehead atoms. The number of carbonyl (C=O) groups is 1. The highest BCUT2D eigenvalue weighted by Crippen LogP contribution is 2.37. The van der Waals surface area contributed by atoms with Crippen molar-refractivity contribution >= 4 is 21.9 Å². The van der Waals surface area contributed by atoms with Gasteiger partial charge in [-0.05, 0) is 48.7 Å². The van der Waals surface area contributed by atoms with Gasteiger partial charge in [0.2, 0.25) is 0 Å². The third-order valence-electron chi connectivity index (χ3n) is 2.31. The molecular weight excluding hydrogens is 258 g/mol. The molecule has 1 aromatic rings. The van der Waals surface area contributed by atoms with Gasteiger partial charge in [0.25, 0.3) is 0 Å². The second-order valence-electron chi connectivity index (χ2n) is 4.14. The Morgan fingerprint density at radius 3 is 2.80 bits per heavy atom. The number of carbonyl (C=O) groups excluding carboxylic acids is 1. The van der Waals surface area contributed by atoms with E-state index in [0.29, 0.717) is 11.7 Å². The van der Waals surface area contributed by atoms with Gasteiger partial charge in [-0.2, -0.15) is 0 Å². The zero-order chi connectivity index (χ0) is 11.0. The lowest BCUT2D eigenvalue weighted by Gasteiger charge is -2.10. The fourth-order valence-corrected chi connectivity index (χ4v) is 1.98. The number of hydrogen-bond acceptors (Lipinski definition) is 2. The number of aromatic nitrogens is 1. The second-order valence-corrected chi connectivity index (χ2v) is 5.05. The zero-order valence-corrected chi connectivity index (χ0v) is 10.5. The normalized spacial score (nSPS) is 15.7. The predicted molar refractivity (Wildman–Crippen MR) is 61.0 cm³/mol. The van der Waals surface area contributed by atoms with Crippen LogP contribution in [0.15, 0.2) is 16.7 Å². The minimum absolute atomic E-state index is 0.0705. The van der Waals surface area contributed by atoms with Gasteiger partial charge in [0.15, 0.2) is 0 Å². The third kappa shape index (κ3) is 2.43. The monoisotopic (exact) mass is 271 g/mol. The standard InChI is InChI=1S/C11H14BrNO2/c1-7(2)15-11(14)10-5-8(12)6-13(10)9-3-4-9/h5-7,9H,3-4H2,1-2H3. The number of ether oxygens (including phenoxy) is 1. The molecule has 1 aliphatic rings. The average Bonchev–Trinajstić information content (AvgIpc) is 2.88. The molecule has 2 rings (SSSR count). The van der Waals surface area contributed by atoms with Crippen LogP contribution in [0, 0.1) is 0 Å². The van der Waals surface area contributed by atoms with Gasteiger partial charge in [0.05, 0.1) is 6.10 Å². The van der Waals surface area contributed by atoms with Crippen LogP contribution in [0.4, 0.5) is 0 Å². The molecule has 15 heavy (non-hydrogen) atoms. The van der Waals surface area contributed by atoms with E-state index in [0.717, 1.165) is 17.3 Å². The van der Waals surface area contributed by atoms with Crippen molar-refractivity contribution in [3.05, 3.63) is 22.4 Å². The smallest absolute Gasteiger partial charge is 0.355 e. The molecule has 1 aromatic heterocycles. The summed E-state index contributed by atoms with van der Waals surface area (Å²) in [5, 5.41) is 0. The summed E-state index contributed by atoms with van der Waals surface area (Å²) in [5.41, 5.74) is 0.651. The SMILES string of the molecule is CC(C)OC(=O)c1cc(Br)cn1C1CC1. The van der Waals surface area contributed by atoms with Gasteiger partial charge in [-0.15, -0.1) is 0 Å². The maximum absolute atomic E-state index is 11.8.